The van der Waals surface area contributed by atoms with Crippen LogP contribution in [-0.4, -0.2) is 18.4 Å². The molecule has 0 bridgehead atoms. The van der Waals surface area contributed by atoms with E-state index in [0.717, 1.165) is 0 Å². The smallest absolute Gasteiger partial charge is 0.279 e. The van der Waals surface area contributed by atoms with E-state index >= 15 is 0 Å². The summed E-state index contributed by atoms with van der Waals surface area (Å²) in [5.74, 6) is 0.505. The molecule has 0 radical (unpaired) electrons. The van der Waals surface area contributed by atoms with Gasteiger partial charge in [-0.05, 0) is 25.5 Å². The van der Waals surface area contributed by atoms with Crippen LogP contribution >= 0.6 is 0 Å². The van der Waals surface area contributed by atoms with Crippen LogP contribution in [0.1, 0.15) is 17.0 Å². The zero-order valence-corrected chi connectivity index (χ0v) is 11.2. The minimum atomic E-state index is -3.76. The van der Waals surface area contributed by atoms with Gasteiger partial charge in [-0.2, -0.15) is 13.7 Å². The number of sulfonamides is 1. The average molecular weight is 276 g/mol. The third kappa shape index (κ3) is 2.58. The van der Waals surface area contributed by atoms with Crippen LogP contribution in [0.15, 0.2) is 29.4 Å². The first-order chi connectivity index (χ1) is 8.94. The molecule has 1 aromatic carbocycles. The molecule has 0 spiro atoms. The molecule has 0 atom stereocenters. The summed E-state index contributed by atoms with van der Waals surface area (Å²) in [5, 5.41) is 9.03. The minimum absolute atomic E-state index is 0.0320. The van der Waals surface area contributed by atoms with Gasteiger partial charge in [-0.1, -0.05) is 12.1 Å². The molecule has 2 rings (SSSR count). The number of hydrogen-bond donors (Lipinski definition) is 2. The average Bonchev–Trinajstić information content (AvgIpc) is 2.76. The summed E-state index contributed by atoms with van der Waals surface area (Å²) in [4.78, 5) is 6.49. The monoisotopic (exact) mass is 276 g/mol. The molecule has 0 amide bonds. The van der Waals surface area contributed by atoms with Gasteiger partial charge in [-0.15, -0.1) is 0 Å². The summed E-state index contributed by atoms with van der Waals surface area (Å²) >= 11 is 0. The highest BCUT2D eigenvalue weighted by Crippen LogP contribution is 2.21. The first-order valence-electron chi connectivity index (χ1n) is 5.48. The van der Waals surface area contributed by atoms with Crippen molar-refractivity contribution < 1.29 is 8.42 Å². The number of nitrogens with zero attached hydrogens (tertiary/aromatic N) is 2. The van der Waals surface area contributed by atoms with Crippen LogP contribution in [-0.2, 0) is 10.0 Å². The number of anilines is 1. The van der Waals surface area contributed by atoms with Gasteiger partial charge in [0.15, 0.2) is 5.03 Å². The summed E-state index contributed by atoms with van der Waals surface area (Å²) in [5.41, 5.74) is 1.28. The van der Waals surface area contributed by atoms with E-state index in [1.165, 1.54) is 6.20 Å². The van der Waals surface area contributed by atoms with Crippen molar-refractivity contribution in [2.45, 2.75) is 18.9 Å². The van der Waals surface area contributed by atoms with Crippen LogP contribution < -0.4 is 4.72 Å². The molecule has 0 saturated heterocycles. The quantitative estimate of drug-likeness (QED) is 0.891. The van der Waals surface area contributed by atoms with Gasteiger partial charge < -0.3 is 4.98 Å². The Labute approximate surface area is 111 Å². The van der Waals surface area contributed by atoms with Crippen molar-refractivity contribution in [1.29, 1.82) is 5.26 Å². The lowest BCUT2D eigenvalue weighted by molar-refractivity contribution is 0.598. The van der Waals surface area contributed by atoms with Gasteiger partial charge in [0.2, 0.25) is 0 Å². The van der Waals surface area contributed by atoms with Gasteiger partial charge in [0.25, 0.3) is 10.0 Å². The lowest BCUT2D eigenvalue weighted by atomic mass is 10.1. The van der Waals surface area contributed by atoms with Crippen LogP contribution in [0.5, 0.6) is 0 Å². The molecule has 1 aromatic heterocycles. The number of aromatic nitrogens is 2. The standard InChI is InChI=1S/C12H12N4O2S/c1-8-4-3-5-11(10(8)6-13)16-19(17,18)12-7-14-9(2)15-12/h3-5,7,16H,1-2H3,(H,14,15). The fourth-order valence-electron chi connectivity index (χ4n) is 1.64. The molecule has 0 saturated carbocycles. The Bertz CT molecular complexity index is 756. The maximum Gasteiger partial charge on any atom is 0.279 e. The molecule has 0 aliphatic rings. The number of aromatic amines is 1. The lowest BCUT2D eigenvalue weighted by Crippen LogP contribution is -2.14. The number of nitrogens with one attached hydrogen (secondary N) is 2. The van der Waals surface area contributed by atoms with E-state index in [1.807, 2.05) is 6.07 Å². The van der Waals surface area contributed by atoms with E-state index in [1.54, 1.807) is 32.0 Å². The zero-order valence-electron chi connectivity index (χ0n) is 10.4. The summed E-state index contributed by atoms with van der Waals surface area (Å²) < 4.78 is 26.6. The highest BCUT2D eigenvalue weighted by atomic mass is 32.2. The van der Waals surface area contributed by atoms with Crippen molar-refractivity contribution in [2.24, 2.45) is 0 Å². The molecule has 1 heterocycles. The van der Waals surface area contributed by atoms with Gasteiger partial charge in [0.05, 0.1) is 17.4 Å². The largest absolute Gasteiger partial charge is 0.332 e. The van der Waals surface area contributed by atoms with Crippen molar-refractivity contribution in [3.8, 4) is 6.07 Å². The summed E-state index contributed by atoms with van der Waals surface area (Å²) in [6, 6.07) is 6.97. The number of aryl methyl sites for hydroxylation is 2. The Kier molecular flexibility index (Phi) is 3.27. The molecule has 0 unspecified atom stereocenters. The van der Waals surface area contributed by atoms with Crippen LogP contribution in [0.2, 0.25) is 0 Å². The molecule has 2 aromatic rings. The number of imidazole rings is 1. The highest BCUT2D eigenvalue weighted by Gasteiger charge is 2.18. The Balaban J connectivity index is 2.42. The second-order valence-electron chi connectivity index (χ2n) is 4.05. The van der Waals surface area contributed by atoms with E-state index in [4.69, 9.17) is 5.26 Å². The Morgan fingerprint density at radius 2 is 2.11 bits per heavy atom. The summed E-state index contributed by atoms with van der Waals surface area (Å²) in [6.45, 7) is 3.41. The van der Waals surface area contributed by atoms with E-state index in [0.29, 0.717) is 17.0 Å². The number of H-pyrrole nitrogens is 1. The minimum Gasteiger partial charge on any atom is -0.332 e. The number of nitriles is 1. The topological polar surface area (TPSA) is 98.6 Å². The van der Waals surface area contributed by atoms with Crippen molar-refractivity contribution in [3.05, 3.63) is 41.3 Å². The van der Waals surface area contributed by atoms with Crippen molar-refractivity contribution in [3.63, 3.8) is 0 Å². The second-order valence-corrected chi connectivity index (χ2v) is 5.70. The highest BCUT2D eigenvalue weighted by molar-refractivity contribution is 7.92. The van der Waals surface area contributed by atoms with E-state index in [9.17, 15) is 8.42 Å². The molecule has 2 N–H and O–H groups in total. The predicted octanol–water partition coefficient (Wildman–Crippen LogP) is 1.70. The van der Waals surface area contributed by atoms with Gasteiger partial charge in [-0.25, -0.2) is 4.98 Å². The van der Waals surface area contributed by atoms with E-state index < -0.39 is 10.0 Å². The summed E-state index contributed by atoms with van der Waals surface area (Å²) in [7, 11) is -3.76. The number of benzene rings is 1. The van der Waals surface area contributed by atoms with Crippen LogP contribution in [0.25, 0.3) is 0 Å². The molecule has 0 fully saturated rings. The third-order valence-corrected chi connectivity index (χ3v) is 3.87. The van der Waals surface area contributed by atoms with E-state index in [2.05, 4.69) is 14.7 Å². The summed E-state index contributed by atoms with van der Waals surface area (Å²) in [6.07, 6.45) is 1.24. The maximum atomic E-state index is 12.1. The molecule has 7 heteroatoms. The third-order valence-electron chi connectivity index (χ3n) is 2.60. The van der Waals surface area contributed by atoms with Crippen molar-refractivity contribution in [1.82, 2.24) is 9.97 Å². The number of rotatable bonds is 3. The van der Waals surface area contributed by atoms with Crippen LogP contribution in [0.4, 0.5) is 5.69 Å². The molecule has 98 valence electrons. The lowest BCUT2D eigenvalue weighted by Gasteiger charge is -2.09. The molecule has 6 nitrogen and oxygen atoms in total. The SMILES string of the molecule is Cc1ncc(S(=O)(=O)Nc2cccc(C)c2C#N)[nH]1. The Hall–Kier alpha value is -2.33. The molecule has 0 aliphatic heterocycles. The van der Waals surface area contributed by atoms with E-state index in [-0.39, 0.29) is 10.7 Å². The fourth-order valence-corrected chi connectivity index (χ4v) is 2.68. The van der Waals surface area contributed by atoms with Gasteiger partial charge in [0, 0.05) is 0 Å². The molecule has 0 aliphatic carbocycles. The Morgan fingerprint density at radius 1 is 1.37 bits per heavy atom. The molecular formula is C12H12N4O2S. The van der Waals surface area contributed by atoms with Crippen LogP contribution in [0.3, 0.4) is 0 Å². The van der Waals surface area contributed by atoms with Crippen LogP contribution in [0, 0.1) is 25.2 Å². The first kappa shape index (κ1) is 13.1. The normalized spacial score (nSPS) is 11.0. The number of hydrogen-bond acceptors (Lipinski definition) is 4. The second kappa shape index (κ2) is 4.74. The van der Waals surface area contributed by atoms with Gasteiger partial charge in [-0.3, -0.25) is 4.72 Å². The molecule has 19 heavy (non-hydrogen) atoms. The van der Waals surface area contributed by atoms with Crippen molar-refractivity contribution in [2.75, 3.05) is 4.72 Å². The Morgan fingerprint density at radius 3 is 2.68 bits per heavy atom. The maximum absolute atomic E-state index is 12.1. The molecular weight excluding hydrogens is 264 g/mol. The first-order valence-corrected chi connectivity index (χ1v) is 6.96. The fraction of sp³-hybridized carbons (Fsp3) is 0.167. The van der Waals surface area contributed by atoms with Gasteiger partial charge >= 0.3 is 0 Å². The van der Waals surface area contributed by atoms with Crippen molar-refractivity contribution >= 4 is 15.7 Å². The zero-order chi connectivity index (χ0) is 14.0. The van der Waals surface area contributed by atoms with Gasteiger partial charge in [0.1, 0.15) is 11.9 Å². The predicted molar refractivity (Wildman–Crippen MR) is 70.0 cm³/mol.